The first kappa shape index (κ1) is 24.5. The van der Waals surface area contributed by atoms with Crippen LogP contribution in [0, 0.1) is 11.8 Å². The Morgan fingerprint density at radius 2 is 1.49 bits per heavy atom. The molecule has 0 saturated carbocycles. The molecule has 1 N–H and O–H groups in total. The number of ether oxygens (including phenoxy) is 1. The number of β-lactam (4-membered cyclic amide) rings is 1. The van der Waals surface area contributed by atoms with Crippen molar-refractivity contribution in [2.75, 3.05) is 0 Å². The highest BCUT2D eigenvalue weighted by Gasteiger charge is 2.54. The number of amides is 2. The van der Waals surface area contributed by atoms with Gasteiger partial charge in [-0.1, -0.05) is 111 Å². The normalized spacial score (nSPS) is 19.9. The Bertz CT molecular complexity index is 1100. The maximum absolute atomic E-state index is 13.7. The summed E-state index contributed by atoms with van der Waals surface area (Å²) < 4.78 is 5.52. The van der Waals surface area contributed by atoms with Gasteiger partial charge >= 0.3 is 6.09 Å². The van der Waals surface area contributed by atoms with Gasteiger partial charge in [0.2, 0.25) is 5.91 Å². The molecular formula is C30H34N2O3. The third kappa shape index (κ3) is 5.40. The summed E-state index contributed by atoms with van der Waals surface area (Å²) in [6, 6.07) is 29.3. The van der Waals surface area contributed by atoms with Gasteiger partial charge in [0, 0.05) is 6.04 Å². The molecule has 1 fully saturated rings. The van der Waals surface area contributed by atoms with Crippen molar-refractivity contribution in [3.8, 4) is 0 Å². The molecule has 4 rings (SSSR count). The van der Waals surface area contributed by atoms with Crippen LogP contribution in [0.2, 0.25) is 0 Å². The molecule has 0 bridgehead atoms. The molecule has 182 valence electrons. The van der Waals surface area contributed by atoms with Crippen molar-refractivity contribution < 1.29 is 14.3 Å². The van der Waals surface area contributed by atoms with E-state index < -0.39 is 6.09 Å². The lowest BCUT2D eigenvalue weighted by Crippen LogP contribution is -2.64. The van der Waals surface area contributed by atoms with Crippen LogP contribution in [0.4, 0.5) is 4.79 Å². The zero-order valence-electron chi connectivity index (χ0n) is 20.6. The van der Waals surface area contributed by atoms with Crippen LogP contribution in [0.3, 0.4) is 0 Å². The fourth-order valence-corrected chi connectivity index (χ4v) is 4.97. The van der Waals surface area contributed by atoms with E-state index in [4.69, 9.17) is 4.74 Å². The monoisotopic (exact) mass is 470 g/mol. The average Bonchev–Trinajstić information content (AvgIpc) is 2.91. The van der Waals surface area contributed by atoms with Gasteiger partial charge < -0.3 is 15.0 Å². The quantitative estimate of drug-likeness (QED) is 0.374. The van der Waals surface area contributed by atoms with Crippen molar-refractivity contribution in [1.82, 2.24) is 10.2 Å². The topological polar surface area (TPSA) is 58.6 Å². The van der Waals surface area contributed by atoms with E-state index in [1.54, 1.807) is 0 Å². The van der Waals surface area contributed by atoms with E-state index in [1.165, 1.54) is 0 Å². The summed E-state index contributed by atoms with van der Waals surface area (Å²) in [6.07, 6.45) is 0.344. The molecule has 1 aliphatic rings. The van der Waals surface area contributed by atoms with Crippen LogP contribution in [0.15, 0.2) is 91.0 Å². The van der Waals surface area contributed by atoms with E-state index >= 15 is 0 Å². The molecule has 5 nitrogen and oxygen atoms in total. The number of nitrogens with zero attached hydrogens (tertiary/aromatic N) is 1. The lowest BCUT2D eigenvalue weighted by Gasteiger charge is -2.54. The number of carbonyl (C=O) groups is 2. The third-order valence-corrected chi connectivity index (χ3v) is 7.16. The summed E-state index contributed by atoms with van der Waals surface area (Å²) in [5.41, 5.74) is 3.09. The van der Waals surface area contributed by atoms with E-state index in [1.807, 2.05) is 71.6 Å². The van der Waals surface area contributed by atoms with Crippen LogP contribution in [-0.4, -0.2) is 22.9 Å². The molecular weight excluding hydrogens is 436 g/mol. The molecule has 1 unspecified atom stereocenters. The van der Waals surface area contributed by atoms with Gasteiger partial charge in [0.25, 0.3) is 0 Å². The SMILES string of the molecule is CCC(C)[C@H](NC(=O)OCc1ccccc1)[C@H]1C(=O)N([C@@H](C)c2ccccc2)[C@@H]1c1ccccc1. The highest BCUT2D eigenvalue weighted by molar-refractivity contribution is 5.88. The minimum Gasteiger partial charge on any atom is -0.445 e. The average molecular weight is 471 g/mol. The zero-order chi connectivity index (χ0) is 24.8. The fraction of sp³-hybridized carbons (Fsp3) is 0.333. The molecule has 0 spiro atoms. The summed E-state index contributed by atoms with van der Waals surface area (Å²) in [7, 11) is 0. The van der Waals surface area contributed by atoms with Gasteiger partial charge in [-0.3, -0.25) is 4.79 Å². The Hall–Kier alpha value is -3.60. The number of carbonyl (C=O) groups excluding carboxylic acids is 2. The minimum atomic E-state index is -0.492. The predicted octanol–water partition coefficient (Wildman–Crippen LogP) is 6.29. The van der Waals surface area contributed by atoms with Crippen LogP contribution < -0.4 is 5.32 Å². The van der Waals surface area contributed by atoms with Gasteiger partial charge in [-0.15, -0.1) is 0 Å². The number of likely N-dealkylation sites (tertiary alicyclic amines) is 1. The second kappa shape index (κ2) is 11.2. The maximum atomic E-state index is 13.7. The second-order valence-electron chi connectivity index (χ2n) is 9.33. The summed E-state index contributed by atoms with van der Waals surface area (Å²) in [4.78, 5) is 28.5. The van der Waals surface area contributed by atoms with Gasteiger partial charge in [0.05, 0.1) is 18.0 Å². The van der Waals surface area contributed by atoms with Crippen molar-refractivity contribution in [2.24, 2.45) is 11.8 Å². The van der Waals surface area contributed by atoms with Crippen molar-refractivity contribution in [3.63, 3.8) is 0 Å². The minimum absolute atomic E-state index is 0.0591. The van der Waals surface area contributed by atoms with Crippen LogP contribution in [0.1, 0.15) is 56.0 Å². The van der Waals surface area contributed by atoms with Crippen LogP contribution >= 0.6 is 0 Å². The standard InChI is InChI=1S/C30H34N2O3/c1-4-21(2)27(31-30(34)35-20-23-14-8-5-9-15-23)26-28(25-18-12-7-13-19-25)32(29(26)33)22(3)24-16-10-6-11-17-24/h5-19,21-22,26-28H,4,20H2,1-3H3,(H,31,34)/t21?,22-,26+,27-,28+/m0/s1. The number of hydrogen-bond donors (Lipinski definition) is 1. The van der Waals surface area contributed by atoms with E-state index in [-0.39, 0.29) is 42.5 Å². The fourth-order valence-electron chi connectivity index (χ4n) is 4.97. The molecule has 2 amide bonds. The Kier molecular flexibility index (Phi) is 7.86. The number of nitrogens with one attached hydrogen (secondary N) is 1. The zero-order valence-corrected chi connectivity index (χ0v) is 20.6. The molecule has 0 aliphatic carbocycles. The van der Waals surface area contributed by atoms with Crippen LogP contribution in [0.25, 0.3) is 0 Å². The first-order chi connectivity index (χ1) is 17.0. The number of alkyl carbamates (subject to hydrolysis) is 1. The number of rotatable bonds is 9. The Morgan fingerprint density at radius 3 is 2.09 bits per heavy atom. The molecule has 1 heterocycles. The first-order valence-electron chi connectivity index (χ1n) is 12.4. The van der Waals surface area contributed by atoms with E-state index in [9.17, 15) is 9.59 Å². The molecule has 3 aromatic carbocycles. The molecule has 0 aromatic heterocycles. The number of benzene rings is 3. The smallest absolute Gasteiger partial charge is 0.407 e. The summed E-state index contributed by atoms with van der Waals surface area (Å²) in [5.74, 6) is -0.194. The second-order valence-corrected chi connectivity index (χ2v) is 9.33. The molecule has 0 radical (unpaired) electrons. The third-order valence-electron chi connectivity index (χ3n) is 7.16. The largest absolute Gasteiger partial charge is 0.445 e. The molecule has 1 saturated heterocycles. The van der Waals surface area contributed by atoms with E-state index in [0.717, 1.165) is 23.1 Å². The molecule has 5 heteroatoms. The number of hydrogen-bond acceptors (Lipinski definition) is 3. The van der Waals surface area contributed by atoms with E-state index in [2.05, 4.69) is 50.4 Å². The molecule has 5 atom stereocenters. The van der Waals surface area contributed by atoms with Gasteiger partial charge in [0.15, 0.2) is 0 Å². The Morgan fingerprint density at radius 1 is 0.914 bits per heavy atom. The van der Waals surface area contributed by atoms with E-state index in [0.29, 0.717) is 0 Å². The Labute approximate surface area is 208 Å². The Balaban J connectivity index is 1.57. The van der Waals surface area contributed by atoms with Crippen molar-refractivity contribution in [1.29, 1.82) is 0 Å². The lowest BCUT2D eigenvalue weighted by atomic mass is 9.72. The summed E-state index contributed by atoms with van der Waals surface area (Å²) >= 11 is 0. The van der Waals surface area contributed by atoms with Gasteiger partial charge in [-0.05, 0) is 29.5 Å². The highest BCUT2D eigenvalue weighted by atomic mass is 16.5. The summed E-state index contributed by atoms with van der Waals surface area (Å²) in [5, 5.41) is 3.06. The predicted molar refractivity (Wildman–Crippen MR) is 137 cm³/mol. The summed E-state index contributed by atoms with van der Waals surface area (Å²) in [6.45, 7) is 6.43. The van der Waals surface area contributed by atoms with Gasteiger partial charge in [-0.2, -0.15) is 0 Å². The van der Waals surface area contributed by atoms with Crippen LogP contribution in [-0.2, 0) is 16.1 Å². The highest BCUT2D eigenvalue weighted by Crippen LogP contribution is 2.48. The van der Waals surface area contributed by atoms with Gasteiger partial charge in [-0.25, -0.2) is 4.79 Å². The van der Waals surface area contributed by atoms with Crippen molar-refractivity contribution in [3.05, 3.63) is 108 Å². The first-order valence-corrected chi connectivity index (χ1v) is 12.4. The maximum Gasteiger partial charge on any atom is 0.407 e. The molecule has 1 aliphatic heterocycles. The van der Waals surface area contributed by atoms with Crippen LogP contribution in [0.5, 0.6) is 0 Å². The molecule has 35 heavy (non-hydrogen) atoms. The van der Waals surface area contributed by atoms with Crippen molar-refractivity contribution >= 4 is 12.0 Å². The van der Waals surface area contributed by atoms with Crippen molar-refractivity contribution in [2.45, 2.75) is 51.9 Å². The lowest BCUT2D eigenvalue weighted by molar-refractivity contribution is -0.165. The van der Waals surface area contributed by atoms with Gasteiger partial charge in [0.1, 0.15) is 6.61 Å². The molecule has 3 aromatic rings.